The Morgan fingerprint density at radius 2 is 1.83 bits per heavy atom. The summed E-state index contributed by atoms with van der Waals surface area (Å²) in [5.74, 6) is 1.39. The van der Waals surface area contributed by atoms with E-state index in [1.807, 2.05) is 0 Å². The second-order valence-electron chi connectivity index (χ2n) is 6.18. The lowest BCUT2D eigenvalue weighted by atomic mass is 9.91. The van der Waals surface area contributed by atoms with Gasteiger partial charge in [0.05, 0.1) is 12.3 Å². The standard InChI is InChI=1S/C20H16N4O5/c1-2-28-14-10-6-4-8-12(14)24-19(26)16(23-21)15(17(25)20(24)27)18-22-11-7-3-5-9-13(11)29-18/h3-10,15H,2,21H2,1H3/b23-16+/t15-/m1/s1. The quantitative estimate of drug-likeness (QED) is 0.310. The van der Waals surface area contributed by atoms with Crippen LogP contribution in [-0.2, 0) is 14.4 Å². The lowest BCUT2D eigenvalue weighted by molar-refractivity contribution is -0.139. The predicted octanol–water partition coefficient (Wildman–Crippen LogP) is 1.77. The number of para-hydroxylation sites is 4. The lowest BCUT2D eigenvalue weighted by Gasteiger charge is -2.29. The van der Waals surface area contributed by atoms with Crippen LogP contribution in [0, 0.1) is 0 Å². The molecule has 1 fully saturated rings. The number of ketones is 1. The van der Waals surface area contributed by atoms with E-state index in [4.69, 9.17) is 15.0 Å². The number of hydrogen-bond donors (Lipinski definition) is 1. The molecule has 2 heterocycles. The fourth-order valence-corrected chi connectivity index (χ4v) is 3.20. The summed E-state index contributed by atoms with van der Waals surface area (Å²) in [5.41, 5.74) is 0.689. The summed E-state index contributed by atoms with van der Waals surface area (Å²) in [6.07, 6.45) is 0. The number of amides is 2. The zero-order chi connectivity index (χ0) is 20.5. The number of anilines is 1. The van der Waals surface area contributed by atoms with Crippen LogP contribution in [0.2, 0.25) is 0 Å². The Balaban J connectivity index is 1.80. The molecule has 1 saturated heterocycles. The maximum atomic E-state index is 13.1. The summed E-state index contributed by atoms with van der Waals surface area (Å²) < 4.78 is 11.1. The Kier molecular flexibility index (Phi) is 4.55. The molecule has 0 saturated carbocycles. The highest BCUT2D eigenvalue weighted by atomic mass is 16.5. The zero-order valence-corrected chi connectivity index (χ0v) is 15.4. The van der Waals surface area contributed by atoms with E-state index < -0.39 is 23.5 Å². The Morgan fingerprint density at radius 1 is 1.10 bits per heavy atom. The number of nitrogens with two attached hydrogens (primary N) is 1. The number of carbonyl (C=O) groups is 3. The van der Waals surface area contributed by atoms with Gasteiger partial charge in [0.1, 0.15) is 17.0 Å². The fraction of sp³-hybridized carbons (Fsp3) is 0.150. The third-order valence-corrected chi connectivity index (χ3v) is 4.47. The second kappa shape index (κ2) is 7.19. The van der Waals surface area contributed by atoms with Gasteiger partial charge in [0.2, 0.25) is 11.7 Å². The Bertz CT molecular complexity index is 1130. The molecule has 0 bridgehead atoms. The summed E-state index contributed by atoms with van der Waals surface area (Å²) in [6.45, 7) is 2.07. The summed E-state index contributed by atoms with van der Waals surface area (Å²) in [4.78, 5) is 43.9. The number of hydrogen-bond acceptors (Lipinski definition) is 8. The van der Waals surface area contributed by atoms with E-state index in [1.54, 1.807) is 49.4 Å². The molecule has 0 radical (unpaired) electrons. The van der Waals surface area contributed by atoms with Gasteiger partial charge in [-0.15, -0.1) is 0 Å². The van der Waals surface area contributed by atoms with E-state index in [1.165, 1.54) is 6.07 Å². The van der Waals surface area contributed by atoms with Gasteiger partial charge in [0, 0.05) is 0 Å². The first-order valence-electron chi connectivity index (χ1n) is 8.84. The van der Waals surface area contributed by atoms with Crippen LogP contribution < -0.4 is 15.5 Å². The molecule has 9 heteroatoms. The highest BCUT2D eigenvalue weighted by Crippen LogP contribution is 2.34. The third-order valence-electron chi connectivity index (χ3n) is 4.47. The lowest BCUT2D eigenvalue weighted by Crippen LogP contribution is -2.55. The number of hydrazone groups is 1. The molecule has 1 aliphatic heterocycles. The minimum absolute atomic E-state index is 0.111. The largest absolute Gasteiger partial charge is 0.492 e. The first-order valence-corrected chi connectivity index (χ1v) is 8.84. The molecule has 0 aliphatic carbocycles. The molecule has 1 atom stereocenters. The van der Waals surface area contributed by atoms with Crippen molar-refractivity contribution in [1.29, 1.82) is 0 Å². The third kappa shape index (κ3) is 2.92. The highest BCUT2D eigenvalue weighted by Gasteiger charge is 2.49. The molecule has 0 spiro atoms. The minimum Gasteiger partial charge on any atom is -0.492 e. The number of aromatic nitrogens is 1. The molecule has 2 aromatic carbocycles. The zero-order valence-electron chi connectivity index (χ0n) is 15.4. The van der Waals surface area contributed by atoms with Crippen molar-refractivity contribution in [3.05, 3.63) is 54.4 Å². The highest BCUT2D eigenvalue weighted by molar-refractivity contribution is 6.67. The number of rotatable bonds is 4. The smallest absolute Gasteiger partial charge is 0.302 e. The van der Waals surface area contributed by atoms with Crippen LogP contribution in [0.1, 0.15) is 18.7 Å². The number of piperidine rings is 1. The van der Waals surface area contributed by atoms with Crippen molar-refractivity contribution in [2.45, 2.75) is 12.8 Å². The van der Waals surface area contributed by atoms with Crippen molar-refractivity contribution in [3.63, 3.8) is 0 Å². The number of benzene rings is 2. The number of oxazole rings is 1. The maximum absolute atomic E-state index is 13.1. The van der Waals surface area contributed by atoms with Crippen LogP contribution in [0.15, 0.2) is 58.0 Å². The van der Waals surface area contributed by atoms with E-state index in [2.05, 4.69) is 10.1 Å². The van der Waals surface area contributed by atoms with E-state index in [9.17, 15) is 14.4 Å². The maximum Gasteiger partial charge on any atom is 0.302 e. The summed E-state index contributed by atoms with van der Waals surface area (Å²) in [5, 5.41) is 3.50. The molecular formula is C20H16N4O5. The van der Waals surface area contributed by atoms with Crippen LogP contribution in [0.25, 0.3) is 11.1 Å². The van der Waals surface area contributed by atoms with Gasteiger partial charge >= 0.3 is 5.91 Å². The minimum atomic E-state index is -1.41. The van der Waals surface area contributed by atoms with Crippen molar-refractivity contribution in [1.82, 2.24) is 4.98 Å². The molecule has 29 heavy (non-hydrogen) atoms. The molecule has 2 N–H and O–H groups in total. The average molecular weight is 392 g/mol. The normalized spacial score (nSPS) is 18.7. The van der Waals surface area contributed by atoms with Gasteiger partial charge in [-0.1, -0.05) is 24.3 Å². The molecule has 3 aromatic rings. The average Bonchev–Trinajstić information content (AvgIpc) is 3.15. The molecule has 146 valence electrons. The van der Waals surface area contributed by atoms with Gasteiger partial charge in [-0.05, 0) is 31.2 Å². The number of fused-ring (bicyclic) bond motifs is 1. The van der Waals surface area contributed by atoms with E-state index in [0.717, 1.165) is 4.90 Å². The van der Waals surface area contributed by atoms with Crippen molar-refractivity contribution in [2.75, 3.05) is 11.5 Å². The van der Waals surface area contributed by atoms with Crippen LogP contribution in [-0.4, -0.2) is 34.9 Å². The molecule has 9 nitrogen and oxygen atoms in total. The predicted molar refractivity (Wildman–Crippen MR) is 103 cm³/mol. The number of nitrogens with zero attached hydrogens (tertiary/aromatic N) is 3. The van der Waals surface area contributed by atoms with Gasteiger partial charge in [0.15, 0.2) is 11.5 Å². The molecule has 2 amide bonds. The second-order valence-corrected chi connectivity index (χ2v) is 6.18. The number of carbonyl (C=O) groups excluding carboxylic acids is 3. The molecule has 1 aliphatic rings. The van der Waals surface area contributed by atoms with Gasteiger partial charge in [-0.3, -0.25) is 14.4 Å². The van der Waals surface area contributed by atoms with Gasteiger partial charge in [0.25, 0.3) is 5.91 Å². The van der Waals surface area contributed by atoms with Crippen molar-refractivity contribution >= 4 is 40.1 Å². The first kappa shape index (κ1) is 18.4. The van der Waals surface area contributed by atoms with Crippen LogP contribution >= 0.6 is 0 Å². The van der Waals surface area contributed by atoms with Crippen LogP contribution in [0.4, 0.5) is 5.69 Å². The Morgan fingerprint density at radius 3 is 2.55 bits per heavy atom. The van der Waals surface area contributed by atoms with Crippen molar-refractivity contribution in [3.8, 4) is 5.75 Å². The summed E-state index contributed by atoms with van der Waals surface area (Å²) in [6, 6.07) is 13.2. The summed E-state index contributed by atoms with van der Waals surface area (Å²) >= 11 is 0. The summed E-state index contributed by atoms with van der Waals surface area (Å²) in [7, 11) is 0. The number of ether oxygens (including phenoxy) is 1. The van der Waals surface area contributed by atoms with Gasteiger partial charge < -0.3 is 15.0 Å². The molecular weight excluding hydrogens is 376 g/mol. The van der Waals surface area contributed by atoms with Gasteiger partial charge in [-0.25, -0.2) is 9.88 Å². The SMILES string of the molecule is CCOc1ccccc1N1C(=O)C(=O)[C@H](c2nc3ccccc3o2)/C(=N\N)C1=O. The van der Waals surface area contributed by atoms with E-state index >= 15 is 0 Å². The van der Waals surface area contributed by atoms with E-state index in [0.29, 0.717) is 17.7 Å². The Labute approximate surface area is 164 Å². The number of imide groups is 1. The van der Waals surface area contributed by atoms with Crippen molar-refractivity contribution in [2.24, 2.45) is 10.9 Å². The molecule has 0 unspecified atom stereocenters. The molecule has 1 aromatic heterocycles. The number of Topliss-reactive ketones (excluding diaryl/α,β-unsaturated/α-hetero) is 1. The van der Waals surface area contributed by atoms with Crippen molar-refractivity contribution < 1.29 is 23.5 Å². The van der Waals surface area contributed by atoms with Gasteiger partial charge in [-0.2, -0.15) is 5.10 Å². The Hall–Kier alpha value is -4.01. The van der Waals surface area contributed by atoms with Crippen LogP contribution in [0.5, 0.6) is 5.75 Å². The molecule has 4 rings (SSSR count). The monoisotopic (exact) mass is 392 g/mol. The topological polar surface area (TPSA) is 128 Å². The first-order chi connectivity index (χ1) is 14.1. The van der Waals surface area contributed by atoms with E-state index in [-0.39, 0.29) is 23.0 Å². The fourth-order valence-electron chi connectivity index (χ4n) is 3.20. The van der Waals surface area contributed by atoms with Crippen LogP contribution in [0.3, 0.4) is 0 Å².